The molecule has 0 unspecified atom stereocenters. The molecule has 0 bridgehead atoms. The monoisotopic (exact) mass is 350 g/mol. The van der Waals surface area contributed by atoms with Gasteiger partial charge in [0, 0.05) is 32.1 Å². The largest absolute Gasteiger partial charge is 0.342 e. The van der Waals surface area contributed by atoms with Crippen LogP contribution in [-0.4, -0.2) is 47.8 Å². The first-order valence-electron chi connectivity index (χ1n) is 8.99. The molecule has 136 valence electrons. The van der Waals surface area contributed by atoms with E-state index < -0.39 is 17.5 Å². The van der Waals surface area contributed by atoms with Crippen LogP contribution >= 0.6 is 0 Å². The van der Waals surface area contributed by atoms with Crippen LogP contribution in [0.1, 0.15) is 43.0 Å². The van der Waals surface area contributed by atoms with Crippen LogP contribution in [0.2, 0.25) is 0 Å². The lowest BCUT2D eigenvalue weighted by Crippen LogP contribution is -2.46. The van der Waals surface area contributed by atoms with Gasteiger partial charge >= 0.3 is 0 Å². The first-order valence-corrected chi connectivity index (χ1v) is 8.99. The Labute approximate surface area is 146 Å². The number of carbonyl (C=O) groups excluding carboxylic acids is 2. The van der Waals surface area contributed by atoms with Gasteiger partial charge in [-0.25, -0.2) is 8.78 Å². The quantitative estimate of drug-likeness (QED) is 0.822. The molecule has 0 saturated carbocycles. The minimum Gasteiger partial charge on any atom is -0.342 e. The maximum Gasteiger partial charge on any atom is 0.256 e. The fourth-order valence-electron chi connectivity index (χ4n) is 3.65. The predicted octanol–water partition coefficient (Wildman–Crippen LogP) is 3.08. The van der Waals surface area contributed by atoms with Crippen LogP contribution in [0.5, 0.6) is 0 Å². The highest BCUT2D eigenvalue weighted by Crippen LogP contribution is 2.25. The van der Waals surface area contributed by atoms with E-state index in [4.69, 9.17) is 0 Å². The third kappa shape index (κ3) is 3.99. The maximum absolute atomic E-state index is 13.8. The van der Waals surface area contributed by atoms with Gasteiger partial charge in [-0.1, -0.05) is 6.92 Å². The van der Waals surface area contributed by atoms with Crippen molar-refractivity contribution in [3.63, 3.8) is 0 Å². The topological polar surface area (TPSA) is 40.6 Å². The normalized spacial score (nSPS) is 20.0. The van der Waals surface area contributed by atoms with E-state index in [1.807, 2.05) is 4.90 Å². The van der Waals surface area contributed by atoms with E-state index >= 15 is 0 Å². The summed E-state index contributed by atoms with van der Waals surface area (Å²) >= 11 is 0. The van der Waals surface area contributed by atoms with Gasteiger partial charge < -0.3 is 9.80 Å². The smallest absolute Gasteiger partial charge is 0.256 e. The number of hydrogen-bond acceptors (Lipinski definition) is 2. The summed E-state index contributed by atoms with van der Waals surface area (Å²) < 4.78 is 27.1. The molecule has 2 saturated heterocycles. The molecule has 2 aliphatic rings. The number of halogens is 2. The summed E-state index contributed by atoms with van der Waals surface area (Å²) in [7, 11) is 0. The molecule has 1 aromatic carbocycles. The summed E-state index contributed by atoms with van der Waals surface area (Å²) in [4.78, 5) is 28.5. The van der Waals surface area contributed by atoms with E-state index in [0.717, 1.165) is 44.1 Å². The van der Waals surface area contributed by atoms with Crippen LogP contribution in [0.3, 0.4) is 0 Å². The van der Waals surface area contributed by atoms with E-state index in [-0.39, 0.29) is 17.4 Å². The highest BCUT2D eigenvalue weighted by atomic mass is 19.1. The molecule has 6 heteroatoms. The molecular formula is C19H24F2N2O2. The van der Waals surface area contributed by atoms with Crippen molar-refractivity contribution in [3.05, 3.63) is 35.4 Å². The fourth-order valence-corrected chi connectivity index (χ4v) is 3.65. The zero-order chi connectivity index (χ0) is 18.0. The van der Waals surface area contributed by atoms with Crippen molar-refractivity contribution in [2.24, 2.45) is 11.8 Å². The van der Waals surface area contributed by atoms with Gasteiger partial charge in [-0.3, -0.25) is 9.59 Å². The SMILES string of the molecule is CC1CCN(C(=O)C2CCN(C(=O)c3cc(F)ccc3F)CC2)CC1. The second kappa shape index (κ2) is 7.50. The zero-order valence-corrected chi connectivity index (χ0v) is 14.5. The van der Waals surface area contributed by atoms with Crippen molar-refractivity contribution in [3.8, 4) is 0 Å². The van der Waals surface area contributed by atoms with E-state index in [2.05, 4.69) is 6.92 Å². The van der Waals surface area contributed by atoms with Crippen LogP contribution in [-0.2, 0) is 4.79 Å². The molecule has 0 N–H and O–H groups in total. The van der Waals surface area contributed by atoms with Gasteiger partial charge in [-0.15, -0.1) is 0 Å². The van der Waals surface area contributed by atoms with Crippen molar-refractivity contribution in [2.75, 3.05) is 26.2 Å². The van der Waals surface area contributed by atoms with Gasteiger partial charge in [-0.05, 0) is 49.8 Å². The minimum absolute atomic E-state index is 0.0742. The molecule has 25 heavy (non-hydrogen) atoms. The van der Waals surface area contributed by atoms with E-state index in [9.17, 15) is 18.4 Å². The standard InChI is InChI=1S/C19H24F2N2O2/c1-13-4-8-22(9-5-13)18(24)14-6-10-23(11-7-14)19(25)16-12-15(20)2-3-17(16)21/h2-3,12-14H,4-11H2,1H3. The molecular weight excluding hydrogens is 326 g/mol. The summed E-state index contributed by atoms with van der Waals surface area (Å²) in [5.74, 6) is -1.08. The Morgan fingerprint density at radius 3 is 2.20 bits per heavy atom. The van der Waals surface area contributed by atoms with Gasteiger partial charge in [0.15, 0.2) is 0 Å². The highest BCUT2D eigenvalue weighted by molar-refractivity contribution is 5.94. The van der Waals surface area contributed by atoms with Crippen molar-refractivity contribution in [1.29, 1.82) is 0 Å². The lowest BCUT2D eigenvalue weighted by atomic mass is 9.92. The first-order chi connectivity index (χ1) is 12.0. The molecule has 4 nitrogen and oxygen atoms in total. The number of nitrogens with zero attached hydrogens (tertiary/aromatic N) is 2. The first kappa shape index (κ1) is 17.8. The van der Waals surface area contributed by atoms with Gasteiger partial charge in [0.05, 0.1) is 5.56 Å². The molecule has 1 aromatic rings. The number of piperidine rings is 2. The number of rotatable bonds is 2. The summed E-state index contributed by atoms with van der Waals surface area (Å²) in [6.07, 6.45) is 3.24. The van der Waals surface area contributed by atoms with E-state index in [1.54, 1.807) is 0 Å². The molecule has 0 aliphatic carbocycles. The summed E-state index contributed by atoms with van der Waals surface area (Å²) in [6, 6.07) is 2.90. The molecule has 0 radical (unpaired) electrons. The van der Waals surface area contributed by atoms with E-state index in [1.165, 1.54) is 4.90 Å². The maximum atomic E-state index is 13.8. The minimum atomic E-state index is -0.716. The molecule has 2 heterocycles. The molecule has 0 aromatic heterocycles. The Morgan fingerprint density at radius 2 is 1.56 bits per heavy atom. The van der Waals surface area contributed by atoms with Gasteiger partial charge in [-0.2, -0.15) is 0 Å². The lowest BCUT2D eigenvalue weighted by Gasteiger charge is -2.36. The Morgan fingerprint density at radius 1 is 0.960 bits per heavy atom. The van der Waals surface area contributed by atoms with Crippen LogP contribution in [0.25, 0.3) is 0 Å². The number of hydrogen-bond donors (Lipinski definition) is 0. The molecule has 2 fully saturated rings. The summed E-state index contributed by atoms with van der Waals surface area (Å²) in [5, 5.41) is 0. The second-order valence-corrected chi connectivity index (χ2v) is 7.20. The van der Waals surface area contributed by atoms with Crippen molar-refractivity contribution in [1.82, 2.24) is 9.80 Å². The van der Waals surface area contributed by atoms with Crippen LogP contribution in [0, 0.1) is 23.5 Å². The Kier molecular flexibility index (Phi) is 5.35. The Bertz CT molecular complexity index is 649. The van der Waals surface area contributed by atoms with Crippen LogP contribution in [0.4, 0.5) is 8.78 Å². The average molecular weight is 350 g/mol. The van der Waals surface area contributed by atoms with Crippen molar-refractivity contribution in [2.45, 2.75) is 32.6 Å². The predicted molar refractivity (Wildman–Crippen MR) is 90.0 cm³/mol. The second-order valence-electron chi connectivity index (χ2n) is 7.20. The summed E-state index contributed by atoms with van der Waals surface area (Å²) in [5.41, 5.74) is -0.241. The molecule has 3 rings (SSSR count). The van der Waals surface area contributed by atoms with Gasteiger partial charge in [0.1, 0.15) is 11.6 Å². The third-order valence-corrected chi connectivity index (χ3v) is 5.39. The average Bonchev–Trinajstić information content (AvgIpc) is 2.63. The van der Waals surface area contributed by atoms with Gasteiger partial charge in [0.2, 0.25) is 5.91 Å². The number of carbonyl (C=O) groups is 2. The van der Waals surface area contributed by atoms with Gasteiger partial charge in [0.25, 0.3) is 5.91 Å². The molecule has 0 atom stereocenters. The fraction of sp³-hybridized carbons (Fsp3) is 0.579. The zero-order valence-electron chi connectivity index (χ0n) is 14.5. The molecule has 2 aliphatic heterocycles. The number of amides is 2. The van der Waals surface area contributed by atoms with Crippen molar-refractivity contribution >= 4 is 11.8 Å². The van der Waals surface area contributed by atoms with Crippen molar-refractivity contribution < 1.29 is 18.4 Å². The summed E-state index contributed by atoms with van der Waals surface area (Å²) in [6.45, 7) is 4.63. The number of likely N-dealkylation sites (tertiary alicyclic amines) is 2. The molecule has 2 amide bonds. The Balaban J connectivity index is 1.57. The number of benzene rings is 1. The molecule has 0 spiro atoms. The Hall–Kier alpha value is -1.98. The third-order valence-electron chi connectivity index (χ3n) is 5.39. The van der Waals surface area contributed by atoms with Crippen LogP contribution in [0.15, 0.2) is 18.2 Å². The van der Waals surface area contributed by atoms with E-state index in [0.29, 0.717) is 31.8 Å². The van der Waals surface area contributed by atoms with Crippen LogP contribution < -0.4 is 0 Å². The highest BCUT2D eigenvalue weighted by Gasteiger charge is 2.32. The lowest BCUT2D eigenvalue weighted by molar-refractivity contribution is -0.138.